The van der Waals surface area contributed by atoms with Gasteiger partial charge in [-0.3, -0.25) is 14.4 Å². The normalized spacial score (nSPS) is 10.8. The zero-order valence-electron chi connectivity index (χ0n) is 21.9. The van der Waals surface area contributed by atoms with E-state index in [0.29, 0.717) is 21.5 Å². The van der Waals surface area contributed by atoms with Gasteiger partial charge in [-0.1, -0.05) is 36.4 Å². The highest BCUT2D eigenvalue weighted by molar-refractivity contribution is 7.17. The zero-order chi connectivity index (χ0) is 28.4. The number of benzene rings is 3. The number of thiophene rings is 1. The molecule has 200 valence electrons. The van der Waals surface area contributed by atoms with Crippen LogP contribution in [0.15, 0.2) is 95.1 Å². The molecule has 0 N–H and O–H groups in total. The lowest BCUT2D eigenvalue weighted by Gasteiger charge is -2.23. The van der Waals surface area contributed by atoms with Gasteiger partial charge in [-0.25, -0.2) is 9.69 Å². The molecule has 2 aromatic heterocycles. The van der Waals surface area contributed by atoms with Gasteiger partial charge in [0, 0.05) is 12.6 Å². The summed E-state index contributed by atoms with van der Waals surface area (Å²) >= 11 is 1.29. The number of nitrogens with zero attached hydrogens (tertiary/aromatic N) is 2. The summed E-state index contributed by atoms with van der Waals surface area (Å²) in [4.78, 5) is 56.6. The van der Waals surface area contributed by atoms with E-state index in [9.17, 15) is 19.2 Å². The first-order valence-electron chi connectivity index (χ1n) is 12.3. The maximum absolute atomic E-state index is 14.4. The first-order chi connectivity index (χ1) is 19.3. The fourth-order valence-electron chi connectivity index (χ4n) is 4.33. The molecule has 0 saturated carbocycles. The van der Waals surface area contributed by atoms with E-state index >= 15 is 0 Å². The van der Waals surface area contributed by atoms with Crippen molar-refractivity contribution >= 4 is 45.0 Å². The lowest BCUT2D eigenvalue weighted by atomic mass is 10.1. The minimum atomic E-state index is -0.928. The van der Waals surface area contributed by atoms with Crippen LogP contribution in [0.4, 0.5) is 5.69 Å². The van der Waals surface area contributed by atoms with Gasteiger partial charge < -0.3 is 14.0 Å². The van der Waals surface area contributed by atoms with Gasteiger partial charge in [0.25, 0.3) is 17.4 Å². The molecule has 0 aliphatic carbocycles. The molecule has 3 aromatic carbocycles. The average Bonchev–Trinajstić information content (AvgIpc) is 3.38. The van der Waals surface area contributed by atoms with E-state index in [0.717, 1.165) is 4.90 Å². The number of hydrogen-bond acceptors (Lipinski definition) is 7. The van der Waals surface area contributed by atoms with Gasteiger partial charge in [-0.15, -0.1) is 11.3 Å². The molecule has 5 aromatic rings. The van der Waals surface area contributed by atoms with E-state index in [-0.39, 0.29) is 22.6 Å². The highest BCUT2D eigenvalue weighted by atomic mass is 32.1. The van der Waals surface area contributed by atoms with Crippen LogP contribution in [0.2, 0.25) is 0 Å². The molecule has 5 rings (SSSR count). The van der Waals surface area contributed by atoms with Crippen LogP contribution in [0, 0.1) is 6.92 Å². The fraction of sp³-hybridized carbons (Fsp3) is 0.0968. The van der Waals surface area contributed by atoms with Crippen LogP contribution in [-0.2, 0) is 7.05 Å². The van der Waals surface area contributed by atoms with Crippen molar-refractivity contribution in [2.45, 2.75) is 6.92 Å². The second-order valence-electron chi connectivity index (χ2n) is 8.93. The second-order valence-corrected chi connectivity index (χ2v) is 9.79. The monoisotopic (exact) mass is 552 g/mol. The zero-order valence-corrected chi connectivity index (χ0v) is 22.7. The van der Waals surface area contributed by atoms with Gasteiger partial charge in [-0.05, 0) is 66.4 Å². The lowest BCUT2D eigenvalue weighted by Crippen LogP contribution is -2.41. The van der Waals surface area contributed by atoms with Crippen molar-refractivity contribution in [1.82, 2.24) is 4.57 Å². The Labute approximate surface area is 233 Å². The van der Waals surface area contributed by atoms with E-state index in [1.807, 2.05) is 5.38 Å². The highest BCUT2D eigenvalue weighted by Crippen LogP contribution is 2.36. The molecule has 0 spiro atoms. The summed E-state index contributed by atoms with van der Waals surface area (Å²) in [5.41, 5.74) is 0.277. The number of rotatable bonds is 6. The van der Waals surface area contributed by atoms with Crippen molar-refractivity contribution in [3.8, 4) is 11.5 Å². The maximum Gasteiger partial charge on any atom is 0.343 e. The number of hydrogen-bond donors (Lipinski definition) is 0. The predicted octanol–water partition coefficient (Wildman–Crippen LogP) is 5.62. The number of methoxy groups -OCH3 is 1. The van der Waals surface area contributed by atoms with Crippen LogP contribution in [-0.4, -0.2) is 29.5 Å². The number of carbonyl (C=O) groups is 3. The summed E-state index contributed by atoms with van der Waals surface area (Å²) in [5.74, 6) is -1.98. The van der Waals surface area contributed by atoms with Crippen LogP contribution >= 0.6 is 11.3 Å². The molecule has 0 fully saturated rings. The molecule has 2 heterocycles. The molecular weight excluding hydrogens is 528 g/mol. The summed E-state index contributed by atoms with van der Waals surface area (Å²) in [7, 11) is 3.04. The Hall–Kier alpha value is -5.02. The molecule has 0 bridgehead atoms. The number of carbonyl (C=O) groups excluding carboxylic acids is 3. The standard InChI is InChI=1S/C31H24N2O6S/c1-19-18-40-30-24(19)26(39-31(37)21-12-8-5-9-13-21)25(28(35)32(30)2)29(36)33(22-14-16-23(38-3)17-15-22)27(34)20-10-6-4-7-11-20/h4-18H,1-3H3. The maximum atomic E-state index is 14.4. The predicted molar refractivity (Wildman–Crippen MR) is 154 cm³/mol. The van der Waals surface area contributed by atoms with Crippen molar-refractivity contribution in [3.05, 3.63) is 123 Å². The van der Waals surface area contributed by atoms with Crippen molar-refractivity contribution in [1.29, 1.82) is 0 Å². The van der Waals surface area contributed by atoms with E-state index in [2.05, 4.69) is 0 Å². The first-order valence-corrected chi connectivity index (χ1v) is 13.2. The number of esters is 1. The Morgan fingerprint density at radius 1 is 0.825 bits per heavy atom. The third kappa shape index (κ3) is 4.78. The third-order valence-electron chi connectivity index (χ3n) is 6.41. The molecule has 0 saturated heterocycles. The SMILES string of the molecule is COc1ccc(N(C(=O)c2ccccc2)C(=O)c2c(OC(=O)c3ccccc3)c3c(C)csc3n(C)c2=O)cc1. The summed E-state index contributed by atoms with van der Waals surface area (Å²) in [5, 5.41) is 2.26. The number of imide groups is 1. The Morgan fingerprint density at radius 3 is 2.02 bits per heavy atom. The van der Waals surface area contributed by atoms with Crippen molar-refractivity contribution in [2.24, 2.45) is 7.05 Å². The molecule has 2 amide bonds. The summed E-state index contributed by atoms with van der Waals surface area (Å²) < 4.78 is 12.4. The smallest absolute Gasteiger partial charge is 0.343 e. The van der Waals surface area contributed by atoms with E-state index in [4.69, 9.17) is 9.47 Å². The quantitative estimate of drug-likeness (QED) is 0.200. The van der Waals surface area contributed by atoms with Gasteiger partial charge >= 0.3 is 5.97 Å². The van der Waals surface area contributed by atoms with Gasteiger partial charge in [0.1, 0.15) is 16.1 Å². The van der Waals surface area contributed by atoms with Gasteiger partial charge in [0.05, 0.1) is 23.7 Å². The minimum absolute atomic E-state index is 0.185. The molecule has 9 heteroatoms. The fourth-order valence-corrected chi connectivity index (χ4v) is 5.35. The molecular formula is C31H24N2O6S. The molecule has 0 unspecified atom stereocenters. The van der Waals surface area contributed by atoms with E-state index in [1.165, 1.54) is 30.1 Å². The summed E-state index contributed by atoms with van der Waals surface area (Å²) in [6.45, 7) is 1.80. The number of aromatic nitrogens is 1. The number of aryl methyl sites for hydroxylation is 2. The molecule has 0 radical (unpaired) electrons. The number of anilines is 1. The Balaban J connectivity index is 1.74. The first kappa shape index (κ1) is 26.6. The molecule has 0 aliphatic heterocycles. The minimum Gasteiger partial charge on any atom is -0.497 e. The van der Waals surface area contributed by atoms with Crippen LogP contribution in [0.1, 0.15) is 36.6 Å². The number of ether oxygens (including phenoxy) is 2. The summed E-state index contributed by atoms with van der Waals surface area (Å²) in [6.07, 6.45) is 0. The van der Waals surface area contributed by atoms with Gasteiger partial charge in [-0.2, -0.15) is 0 Å². The van der Waals surface area contributed by atoms with E-state index < -0.39 is 28.9 Å². The lowest BCUT2D eigenvalue weighted by molar-refractivity contribution is 0.0734. The Bertz CT molecular complexity index is 1790. The van der Waals surface area contributed by atoms with E-state index in [1.54, 1.807) is 91.9 Å². The van der Waals surface area contributed by atoms with Crippen molar-refractivity contribution in [3.63, 3.8) is 0 Å². The van der Waals surface area contributed by atoms with Crippen molar-refractivity contribution in [2.75, 3.05) is 12.0 Å². The summed E-state index contributed by atoms with van der Waals surface area (Å²) in [6, 6.07) is 22.8. The molecule has 0 aliphatic rings. The van der Waals surface area contributed by atoms with Crippen LogP contribution in [0.25, 0.3) is 10.2 Å². The van der Waals surface area contributed by atoms with Crippen LogP contribution < -0.4 is 19.9 Å². The van der Waals surface area contributed by atoms with Crippen LogP contribution in [0.5, 0.6) is 11.5 Å². The second kappa shape index (κ2) is 11.0. The Kier molecular flexibility index (Phi) is 7.31. The largest absolute Gasteiger partial charge is 0.497 e. The Morgan fingerprint density at radius 2 is 1.43 bits per heavy atom. The average molecular weight is 553 g/mol. The molecule has 0 atom stereocenters. The number of fused-ring (bicyclic) bond motifs is 1. The van der Waals surface area contributed by atoms with Crippen molar-refractivity contribution < 1.29 is 23.9 Å². The third-order valence-corrected chi connectivity index (χ3v) is 7.58. The topological polar surface area (TPSA) is 94.9 Å². The number of amides is 2. The number of pyridine rings is 1. The highest BCUT2D eigenvalue weighted by Gasteiger charge is 2.34. The molecule has 8 nitrogen and oxygen atoms in total. The van der Waals surface area contributed by atoms with Gasteiger partial charge in [0.2, 0.25) is 0 Å². The van der Waals surface area contributed by atoms with Gasteiger partial charge in [0.15, 0.2) is 5.75 Å². The van der Waals surface area contributed by atoms with Crippen LogP contribution in [0.3, 0.4) is 0 Å². The molecule has 40 heavy (non-hydrogen) atoms.